The van der Waals surface area contributed by atoms with Gasteiger partial charge < -0.3 is 14.8 Å². The number of aryl methyl sites for hydroxylation is 1. The van der Waals surface area contributed by atoms with Gasteiger partial charge in [0.25, 0.3) is 5.91 Å². The molecule has 0 aromatic carbocycles. The highest BCUT2D eigenvalue weighted by molar-refractivity contribution is 7.29. The van der Waals surface area contributed by atoms with Gasteiger partial charge in [-0.3, -0.25) is 4.79 Å². The van der Waals surface area contributed by atoms with Crippen LogP contribution in [0.25, 0.3) is 9.53 Å². The van der Waals surface area contributed by atoms with Crippen LogP contribution in [0.1, 0.15) is 15.4 Å². The van der Waals surface area contributed by atoms with Crippen molar-refractivity contribution >= 4 is 43.2 Å². The fraction of sp³-hybridized carbons (Fsp3) is 0.308. The number of nitrogens with zero attached hydrogens (tertiary/aromatic N) is 4. The first-order chi connectivity index (χ1) is 10.0. The summed E-state index contributed by atoms with van der Waals surface area (Å²) in [7, 11) is 5.83. The number of anilines is 1. The Bertz CT molecular complexity index is 754. The van der Waals surface area contributed by atoms with E-state index in [1.165, 1.54) is 11.3 Å². The van der Waals surface area contributed by atoms with Gasteiger partial charge in [0, 0.05) is 27.3 Å². The van der Waals surface area contributed by atoms with E-state index in [0.717, 1.165) is 20.4 Å². The van der Waals surface area contributed by atoms with Crippen molar-refractivity contribution < 1.29 is 4.79 Å². The van der Waals surface area contributed by atoms with E-state index in [4.69, 9.17) is 0 Å². The van der Waals surface area contributed by atoms with Crippen LogP contribution < -0.4 is 10.2 Å². The molecule has 0 aliphatic rings. The van der Waals surface area contributed by atoms with Crippen molar-refractivity contribution in [2.45, 2.75) is 6.54 Å². The van der Waals surface area contributed by atoms with Crippen LogP contribution in [0.2, 0.25) is 0 Å². The Morgan fingerprint density at radius 2 is 2.24 bits per heavy atom. The van der Waals surface area contributed by atoms with Gasteiger partial charge in [-0.15, -0.1) is 11.3 Å². The molecule has 0 radical (unpaired) electrons. The van der Waals surface area contributed by atoms with Gasteiger partial charge in [-0.2, -0.15) is 0 Å². The summed E-state index contributed by atoms with van der Waals surface area (Å²) in [6, 6.07) is 1.91. The van der Waals surface area contributed by atoms with Crippen LogP contribution in [0.3, 0.4) is 0 Å². The van der Waals surface area contributed by atoms with Crippen LogP contribution in [0.4, 0.5) is 5.13 Å². The molecule has 0 unspecified atom stereocenters. The van der Waals surface area contributed by atoms with Gasteiger partial charge in [0.1, 0.15) is 4.83 Å². The van der Waals surface area contributed by atoms with Crippen LogP contribution in [-0.4, -0.2) is 34.5 Å². The highest BCUT2D eigenvalue weighted by Crippen LogP contribution is 2.33. The Kier molecular flexibility index (Phi) is 3.64. The second-order valence-corrected chi connectivity index (χ2v) is 6.89. The van der Waals surface area contributed by atoms with Crippen molar-refractivity contribution in [2.24, 2.45) is 7.05 Å². The molecule has 0 saturated heterocycles. The lowest BCUT2D eigenvalue weighted by molar-refractivity contribution is 0.0954. The zero-order valence-electron chi connectivity index (χ0n) is 12.0. The van der Waals surface area contributed by atoms with E-state index in [2.05, 4.69) is 15.3 Å². The Hall–Kier alpha value is -1.93. The van der Waals surface area contributed by atoms with Crippen molar-refractivity contribution in [3.05, 3.63) is 29.2 Å². The molecular weight excluding hydrogens is 306 g/mol. The minimum absolute atomic E-state index is 0.0715. The fourth-order valence-electron chi connectivity index (χ4n) is 1.84. The Balaban J connectivity index is 1.72. The number of carbonyl (C=O) groups excluding carboxylic acids is 1. The first-order valence-electron chi connectivity index (χ1n) is 6.35. The van der Waals surface area contributed by atoms with Crippen molar-refractivity contribution in [2.75, 3.05) is 19.0 Å². The van der Waals surface area contributed by atoms with Crippen LogP contribution in [0.5, 0.6) is 0 Å². The van der Waals surface area contributed by atoms with Crippen LogP contribution in [-0.2, 0) is 13.6 Å². The number of rotatable bonds is 4. The highest BCUT2D eigenvalue weighted by Gasteiger charge is 2.14. The second-order valence-electron chi connectivity index (χ2n) is 4.85. The van der Waals surface area contributed by atoms with Crippen molar-refractivity contribution in [3.63, 3.8) is 0 Å². The maximum absolute atomic E-state index is 12.2. The third kappa shape index (κ3) is 2.77. The van der Waals surface area contributed by atoms with Crippen LogP contribution in [0, 0.1) is 0 Å². The number of thiazole rings is 1. The predicted molar refractivity (Wildman–Crippen MR) is 86.2 cm³/mol. The Morgan fingerprint density at radius 3 is 2.86 bits per heavy atom. The number of hydrogen-bond donors (Lipinski definition) is 1. The van der Waals surface area contributed by atoms with Crippen molar-refractivity contribution in [1.29, 1.82) is 0 Å². The summed E-state index contributed by atoms with van der Waals surface area (Å²) >= 11 is 3.02. The zero-order chi connectivity index (χ0) is 15.0. The summed E-state index contributed by atoms with van der Waals surface area (Å²) in [6.07, 6.45) is 3.47. The molecule has 1 amide bonds. The summed E-state index contributed by atoms with van der Waals surface area (Å²) in [6.45, 7) is 0.470. The normalized spacial score (nSPS) is 11.0. The molecule has 3 aromatic rings. The van der Waals surface area contributed by atoms with Gasteiger partial charge in [0.05, 0.1) is 28.1 Å². The number of carbonyl (C=O) groups is 1. The maximum atomic E-state index is 12.2. The van der Waals surface area contributed by atoms with Gasteiger partial charge >= 0.3 is 0 Å². The Labute approximate surface area is 130 Å². The molecule has 21 heavy (non-hydrogen) atoms. The fourth-order valence-corrected chi connectivity index (χ4v) is 3.89. The van der Waals surface area contributed by atoms with E-state index in [-0.39, 0.29) is 5.91 Å². The molecule has 0 atom stereocenters. The van der Waals surface area contributed by atoms with E-state index in [1.54, 1.807) is 23.9 Å². The molecule has 1 N–H and O–H groups in total. The molecule has 0 saturated carbocycles. The number of thiophene rings is 1. The molecule has 3 rings (SSSR count). The van der Waals surface area contributed by atoms with Crippen LogP contribution in [0.15, 0.2) is 18.6 Å². The van der Waals surface area contributed by atoms with Crippen molar-refractivity contribution in [3.8, 4) is 0 Å². The number of imidazole rings is 1. The smallest absolute Gasteiger partial charge is 0.261 e. The molecule has 3 heterocycles. The first kappa shape index (κ1) is 14.0. The van der Waals surface area contributed by atoms with Gasteiger partial charge in [0.15, 0.2) is 5.13 Å². The quantitative estimate of drug-likeness (QED) is 0.799. The number of nitrogens with one attached hydrogen (secondary N) is 1. The summed E-state index contributed by atoms with van der Waals surface area (Å²) < 4.78 is 2.94. The summed E-state index contributed by atoms with van der Waals surface area (Å²) in [4.78, 5) is 24.3. The molecule has 0 aliphatic carbocycles. The number of aromatic nitrogens is 3. The van der Waals surface area contributed by atoms with Gasteiger partial charge in [-0.25, -0.2) is 9.97 Å². The zero-order valence-corrected chi connectivity index (χ0v) is 13.6. The minimum Gasteiger partial charge on any atom is -0.354 e. The third-order valence-corrected chi connectivity index (χ3v) is 5.36. The standard InChI is InChI=1S/C13H15N5OS2/c1-17(2)13-16-12-10(21-13)4-9(20-12)11(19)15-6-8-5-14-7-18(8)3/h4-5,7H,6H2,1-3H3,(H,15,19). The topological polar surface area (TPSA) is 63.1 Å². The Morgan fingerprint density at radius 1 is 1.43 bits per heavy atom. The molecule has 0 spiro atoms. The van der Waals surface area contributed by atoms with E-state index in [1.807, 2.05) is 36.7 Å². The summed E-state index contributed by atoms with van der Waals surface area (Å²) in [5, 5.41) is 3.86. The molecule has 0 bridgehead atoms. The van der Waals surface area contributed by atoms with Crippen LogP contribution >= 0.6 is 22.7 Å². The summed E-state index contributed by atoms with van der Waals surface area (Å²) in [5.41, 5.74) is 0.967. The van der Waals surface area contributed by atoms with E-state index in [0.29, 0.717) is 11.4 Å². The monoisotopic (exact) mass is 321 g/mol. The minimum atomic E-state index is -0.0715. The third-order valence-electron chi connectivity index (χ3n) is 3.03. The number of amides is 1. The average Bonchev–Trinajstić information content (AvgIpc) is 3.09. The largest absolute Gasteiger partial charge is 0.354 e. The predicted octanol–water partition coefficient (Wildman–Crippen LogP) is 2.09. The molecule has 0 fully saturated rings. The highest BCUT2D eigenvalue weighted by atomic mass is 32.1. The molecule has 6 nitrogen and oxygen atoms in total. The molecular formula is C13H15N5OS2. The lowest BCUT2D eigenvalue weighted by atomic mass is 10.4. The van der Waals surface area contributed by atoms with Crippen molar-refractivity contribution in [1.82, 2.24) is 19.9 Å². The van der Waals surface area contributed by atoms with E-state index in [9.17, 15) is 4.79 Å². The SMILES string of the molecule is CN(C)c1nc2sc(C(=O)NCc3cncn3C)cc2s1. The molecule has 0 aliphatic heterocycles. The number of fused-ring (bicyclic) bond motifs is 1. The number of hydrogen-bond acceptors (Lipinski definition) is 6. The maximum Gasteiger partial charge on any atom is 0.261 e. The van der Waals surface area contributed by atoms with Gasteiger partial charge in [-0.05, 0) is 6.07 Å². The first-order valence-corrected chi connectivity index (χ1v) is 7.99. The van der Waals surface area contributed by atoms with E-state index >= 15 is 0 Å². The molecule has 110 valence electrons. The van der Waals surface area contributed by atoms with E-state index < -0.39 is 0 Å². The lowest BCUT2D eigenvalue weighted by Gasteiger charge is -2.05. The second kappa shape index (κ2) is 5.45. The average molecular weight is 321 g/mol. The summed E-state index contributed by atoms with van der Waals surface area (Å²) in [5.74, 6) is -0.0715. The molecule has 8 heteroatoms. The van der Waals surface area contributed by atoms with Gasteiger partial charge in [0.2, 0.25) is 0 Å². The molecule has 3 aromatic heterocycles. The van der Waals surface area contributed by atoms with Gasteiger partial charge in [-0.1, -0.05) is 11.3 Å². The lowest BCUT2D eigenvalue weighted by Crippen LogP contribution is -2.22.